The Bertz CT molecular complexity index is 988. The van der Waals surface area contributed by atoms with Gasteiger partial charge in [-0.2, -0.15) is 0 Å². The van der Waals surface area contributed by atoms with E-state index in [0.29, 0.717) is 29.1 Å². The summed E-state index contributed by atoms with van der Waals surface area (Å²) in [5, 5.41) is 3.22. The number of nitrogens with zero attached hydrogens (tertiary/aromatic N) is 2. The first kappa shape index (κ1) is 21.0. The van der Waals surface area contributed by atoms with E-state index in [0.717, 1.165) is 24.7 Å². The number of ether oxygens (including phenoxy) is 1. The van der Waals surface area contributed by atoms with Crippen LogP contribution in [0.1, 0.15) is 32.3 Å². The van der Waals surface area contributed by atoms with Gasteiger partial charge < -0.3 is 15.0 Å². The van der Waals surface area contributed by atoms with Crippen LogP contribution >= 0.6 is 0 Å². The number of carbonyl (C=O) groups excluding carboxylic acids is 2. The van der Waals surface area contributed by atoms with Crippen molar-refractivity contribution >= 4 is 28.8 Å². The fourth-order valence-electron chi connectivity index (χ4n) is 4.17. The van der Waals surface area contributed by atoms with E-state index in [1.54, 1.807) is 38.3 Å². The summed E-state index contributed by atoms with van der Waals surface area (Å²) in [6.07, 6.45) is 2.42. The number of amides is 2. The fraction of sp³-hybridized carbons (Fsp3) is 0.360. The molecule has 0 bridgehead atoms. The van der Waals surface area contributed by atoms with Crippen LogP contribution in [0, 0.1) is 5.92 Å². The molecule has 162 valence electrons. The molecule has 31 heavy (non-hydrogen) atoms. The van der Waals surface area contributed by atoms with Gasteiger partial charge in [0.2, 0.25) is 0 Å². The van der Waals surface area contributed by atoms with Crippen molar-refractivity contribution in [1.29, 1.82) is 0 Å². The van der Waals surface area contributed by atoms with E-state index < -0.39 is 0 Å². The Morgan fingerprint density at radius 3 is 2.19 bits per heavy atom. The lowest BCUT2D eigenvalue weighted by Crippen LogP contribution is -2.32. The monoisotopic (exact) mass is 419 g/mol. The first-order valence-corrected chi connectivity index (χ1v) is 10.9. The molecular weight excluding hydrogens is 390 g/mol. The molecule has 6 nitrogen and oxygen atoms in total. The normalized spacial score (nSPS) is 17.5. The largest absolute Gasteiger partial charge is 0.497 e. The predicted molar refractivity (Wildman–Crippen MR) is 123 cm³/mol. The van der Waals surface area contributed by atoms with Crippen LogP contribution in [0.4, 0.5) is 11.4 Å². The number of nitrogens with one attached hydrogen (secondary N) is 1. The first-order valence-electron chi connectivity index (χ1n) is 10.9. The molecule has 4 rings (SSSR count). The number of anilines is 2. The number of likely N-dealkylation sites (N-methyl/N-ethyl adjacent to an activating group) is 1. The SMILES string of the molecule is CCN1C(=O)C(Nc2ccc(N3CCC(C)CC3)cc2)=C(c2ccc(OC)cc2)C1=O. The molecule has 0 atom stereocenters. The van der Waals surface area contributed by atoms with Gasteiger partial charge in [0, 0.05) is 31.0 Å². The zero-order valence-electron chi connectivity index (χ0n) is 18.4. The van der Waals surface area contributed by atoms with Crippen LogP contribution in [-0.4, -0.2) is 43.5 Å². The van der Waals surface area contributed by atoms with Crippen molar-refractivity contribution in [2.45, 2.75) is 26.7 Å². The van der Waals surface area contributed by atoms with Crippen molar-refractivity contribution < 1.29 is 14.3 Å². The van der Waals surface area contributed by atoms with E-state index in [9.17, 15) is 9.59 Å². The average molecular weight is 420 g/mol. The highest BCUT2D eigenvalue weighted by Crippen LogP contribution is 2.32. The molecular formula is C25H29N3O3. The molecule has 1 N–H and O–H groups in total. The first-order chi connectivity index (χ1) is 15.0. The van der Waals surface area contributed by atoms with Gasteiger partial charge in [0.1, 0.15) is 11.4 Å². The third-order valence-electron chi connectivity index (χ3n) is 6.15. The highest BCUT2D eigenvalue weighted by molar-refractivity contribution is 6.36. The van der Waals surface area contributed by atoms with Gasteiger partial charge in [-0.1, -0.05) is 19.1 Å². The summed E-state index contributed by atoms with van der Waals surface area (Å²) in [7, 11) is 1.60. The van der Waals surface area contributed by atoms with Crippen LogP contribution in [0.5, 0.6) is 5.75 Å². The highest BCUT2D eigenvalue weighted by Gasteiger charge is 2.38. The minimum atomic E-state index is -0.299. The number of carbonyl (C=O) groups is 2. The summed E-state index contributed by atoms with van der Waals surface area (Å²) < 4.78 is 5.21. The molecule has 6 heteroatoms. The second kappa shape index (κ2) is 8.84. The lowest BCUT2D eigenvalue weighted by molar-refractivity contribution is -0.136. The summed E-state index contributed by atoms with van der Waals surface area (Å²) >= 11 is 0. The lowest BCUT2D eigenvalue weighted by atomic mass is 9.99. The Morgan fingerprint density at radius 1 is 0.968 bits per heavy atom. The van der Waals surface area contributed by atoms with Crippen LogP contribution in [-0.2, 0) is 9.59 Å². The molecule has 2 aliphatic rings. The van der Waals surface area contributed by atoms with Gasteiger partial charge in [0.15, 0.2) is 0 Å². The quantitative estimate of drug-likeness (QED) is 0.713. The molecule has 2 amide bonds. The molecule has 0 spiro atoms. The minimum Gasteiger partial charge on any atom is -0.497 e. The number of piperidine rings is 1. The van der Waals surface area contributed by atoms with Gasteiger partial charge in [-0.25, -0.2) is 0 Å². The van der Waals surface area contributed by atoms with Gasteiger partial charge in [0.05, 0.1) is 12.7 Å². The fourth-order valence-corrected chi connectivity index (χ4v) is 4.17. The summed E-state index contributed by atoms with van der Waals surface area (Å²) in [6, 6.07) is 15.3. The van der Waals surface area contributed by atoms with Gasteiger partial charge in [-0.15, -0.1) is 0 Å². The van der Waals surface area contributed by atoms with Crippen molar-refractivity contribution in [1.82, 2.24) is 4.90 Å². The predicted octanol–water partition coefficient (Wildman–Crippen LogP) is 4.14. The Kier molecular flexibility index (Phi) is 5.98. The standard InChI is InChI=1S/C25H29N3O3/c1-4-28-24(29)22(18-5-11-21(31-3)12-6-18)23(25(28)30)26-19-7-9-20(10-8-19)27-15-13-17(2)14-16-27/h5-12,17,26H,4,13-16H2,1-3H3. The highest BCUT2D eigenvalue weighted by atomic mass is 16.5. The zero-order chi connectivity index (χ0) is 22.0. The minimum absolute atomic E-state index is 0.278. The van der Waals surface area contributed by atoms with Gasteiger partial charge in [0.25, 0.3) is 11.8 Å². The number of methoxy groups -OCH3 is 1. The molecule has 0 aliphatic carbocycles. The van der Waals surface area contributed by atoms with E-state index in [2.05, 4.69) is 29.3 Å². The Labute approximate surface area is 183 Å². The zero-order valence-corrected chi connectivity index (χ0v) is 18.4. The molecule has 1 saturated heterocycles. The average Bonchev–Trinajstić information content (AvgIpc) is 3.03. The number of imide groups is 1. The molecule has 2 aromatic carbocycles. The van der Waals surface area contributed by atoms with Crippen molar-refractivity contribution in [2.75, 3.05) is 37.0 Å². The maximum absolute atomic E-state index is 13.0. The lowest BCUT2D eigenvalue weighted by Gasteiger charge is -2.32. The third kappa shape index (κ3) is 4.15. The Morgan fingerprint density at radius 2 is 1.61 bits per heavy atom. The summed E-state index contributed by atoms with van der Waals surface area (Å²) in [5.74, 6) is 0.908. The van der Waals surface area contributed by atoms with Gasteiger partial charge in [-0.05, 0) is 67.6 Å². The molecule has 0 unspecified atom stereocenters. The second-order valence-electron chi connectivity index (χ2n) is 8.17. The number of rotatable bonds is 6. The molecule has 0 radical (unpaired) electrons. The van der Waals surface area contributed by atoms with E-state index >= 15 is 0 Å². The van der Waals surface area contributed by atoms with Crippen LogP contribution in [0.25, 0.3) is 5.57 Å². The van der Waals surface area contributed by atoms with Crippen LogP contribution < -0.4 is 15.0 Å². The van der Waals surface area contributed by atoms with E-state index in [4.69, 9.17) is 4.74 Å². The van der Waals surface area contributed by atoms with Crippen LogP contribution in [0.2, 0.25) is 0 Å². The van der Waals surface area contributed by atoms with Gasteiger partial charge >= 0.3 is 0 Å². The van der Waals surface area contributed by atoms with Crippen molar-refractivity contribution in [3.8, 4) is 5.75 Å². The number of benzene rings is 2. The third-order valence-corrected chi connectivity index (χ3v) is 6.15. The maximum atomic E-state index is 13.0. The van der Waals surface area contributed by atoms with Gasteiger partial charge in [-0.3, -0.25) is 14.5 Å². The van der Waals surface area contributed by atoms with Crippen molar-refractivity contribution in [2.24, 2.45) is 5.92 Å². The summed E-state index contributed by atoms with van der Waals surface area (Å²) in [6.45, 7) is 6.57. The van der Waals surface area contributed by atoms with E-state index in [1.807, 2.05) is 12.1 Å². The molecule has 1 fully saturated rings. The Balaban J connectivity index is 1.61. The summed E-state index contributed by atoms with van der Waals surface area (Å²) in [5.41, 5.74) is 3.37. The number of hydrogen-bond donors (Lipinski definition) is 1. The topological polar surface area (TPSA) is 61.9 Å². The van der Waals surface area contributed by atoms with Crippen LogP contribution in [0.15, 0.2) is 54.2 Å². The van der Waals surface area contributed by atoms with Crippen molar-refractivity contribution in [3.63, 3.8) is 0 Å². The Hall–Kier alpha value is -3.28. The number of hydrogen-bond acceptors (Lipinski definition) is 5. The second-order valence-corrected chi connectivity index (χ2v) is 8.17. The molecule has 2 aliphatic heterocycles. The molecule has 0 saturated carbocycles. The maximum Gasteiger partial charge on any atom is 0.278 e. The van der Waals surface area contributed by atoms with E-state index in [1.165, 1.54) is 23.4 Å². The molecule has 0 aromatic heterocycles. The molecule has 2 aromatic rings. The molecule has 2 heterocycles. The van der Waals surface area contributed by atoms with Crippen LogP contribution in [0.3, 0.4) is 0 Å². The van der Waals surface area contributed by atoms with E-state index in [-0.39, 0.29) is 11.8 Å². The smallest absolute Gasteiger partial charge is 0.278 e. The summed E-state index contributed by atoms with van der Waals surface area (Å²) in [4.78, 5) is 29.6. The van der Waals surface area contributed by atoms with Crippen molar-refractivity contribution in [3.05, 3.63) is 59.8 Å².